The van der Waals surface area contributed by atoms with Crippen LogP contribution in [0, 0.1) is 0 Å². The fourth-order valence-electron chi connectivity index (χ4n) is 1.94. The Kier molecular flexibility index (Phi) is 4.24. The molecule has 106 valence electrons. The van der Waals surface area contributed by atoms with Crippen LogP contribution in [0.4, 0.5) is 5.69 Å². The molecule has 0 saturated carbocycles. The molecule has 0 spiro atoms. The minimum Gasteiger partial charge on any atom is -0.506 e. The molecule has 0 aliphatic heterocycles. The van der Waals surface area contributed by atoms with Crippen LogP contribution in [0.5, 0.6) is 5.75 Å². The smallest absolute Gasteiger partial charge is 0.138 e. The van der Waals surface area contributed by atoms with Gasteiger partial charge in [0.15, 0.2) is 0 Å². The Morgan fingerprint density at radius 1 is 1.05 bits per heavy atom. The first-order valence-corrected chi connectivity index (χ1v) is 7.06. The van der Waals surface area contributed by atoms with Crippen molar-refractivity contribution in [3.05, 3.63) is 58.6 Å². The standard InChI is InChI=1S/C17H20ClNO/c1-17(2,3)13-6-9-16(20)15(10-13)19-11-12-4-7-14(18)8-5-12/h4-10,19-20H,11H2,1-3H3. The fraction of sp³-hybridized carbons (Fsp3) is 0.294. The molecule has 0 bridgehead atoms. The van der Waals surface area contributed by atoms with Gasteiger partial charge in [0.05, 0.1) is 5.69 Å². The number of nitrogens with one attached hydrogen (secondary N) is 1. The van der Waals surface area contributed by atoms with Crippen LogP contribution in [0.1, 0.15) is 31.9 Å². The van der Waals surface area contributed by atoms with Crippen molar-refractivity contribution in [3.8, 4) is 5.75 Å². The van der Waals surface area contributed by atoms with Crippen LogP contribution in [0.3, 0.4) is 0 Å². The number of benzene rings is 2. The van der Waals surface area contributed by atoms with Gasteiger partial charge < -0.3 is 10.4 Å². The van der Waals surface area contributed by atoms with Gasteiger partial charge in [-0.25, -0.2) is 0 Å². The Labute approximate surface area is 125 Å². The summed E-state index contributed by atoms with van der Waals surface area (Å²) in [6, 6.07) is 13.4. The zero-order valence-corrected chi connectivity index (χ0v) is 12.8. The maximum atomic E-state index is 9.94. The van der Waals surface area contributed by atoms with Gasteiger partial charge in [0.25, 0.3) is 0 Å². The number of hydrogen-bond donors (Lipinski definition) is 2. The minimum absolute atomic E-state index is 0.0599. The van der Waals surface area contributed by atoms with E-state index < -0.39 is 0 Å². The second kappa shape index (κ2) is 5.76. The molecule has 3 heteroatoms. The van der Waals surface area contributed by atoms with E-state index in [1.165, 1.54) is 5.56 Å². The number of anilines is 1. The van der Waals surface area contributed by atoms with Crippen LogP contribution < -0.4 is 5.32 Å². The second-order valence-corrected chi connectivity index (χ2v) is 6.40. The first kappa shape index (κ1) is 14.7. The summed E-state index contributed by atoms with van der Waals surface area (Å²) in [5.74, 6) is 0.270. The molecule has 0 aromatic heterocycles. The van der Waals surface area contributed by atoms with Crippen molar-refractivity contribution in [3.63, 3.8) is 0 Å². The first-order chi connectivity index (χ1) is 9.36. The summed E-state index contributed by atoms with van der Waals surface area (Å²) in [6.45, 7) is 7.12. The van der Waals surface area contributed by atoms with Crippen LogP contribution >= 0.6 is 11.6 Å². The molecular formula is C17H20ClNO. The summed E-state index contributed by atoms with van der Waals surface area (Å²) in [5.41, 5.74) is 3.13. The summed E-state index contributed by atoms with van der Waals surface area (Å²) >= 11 is 5.86. The van der Waals surface area contributed by atoms with Crippen molar-refractivity contribution in [2.24, 2.45) is 0 Å². The molecule has 0 aliphatic rings. The van der Waals surface area contributed by atoms with Crippen molar-refractivity contribution in [2.45, 2.75) is 32.7 Å². The lowest BCUT2D eigenvalue weighted by atomic mass is 9.87. The van der Waals surface area contributed by atoms with Gasteiger partial charge in [-0.1, -0.05) is 50.6 Å². The predicted octanol–water partition coefficient (Wildman–Crippen LogP) is 4.96. The van der Waals surface area contributed by atoms with Gasteiger partial charge in [0.1, 0.15) is 5.75 Å². The topological polar surface area (TPSA) is 32.3 Å². The van der Waals surface area contributed by atoms with Gasteiger partial charge >= 0.3 is 0 Å². The van der Waals surface area contributed by atoms with E-state index in [4.69, 9.17) is 11.6 Å². The van der Waals surface area contributed by atoms with E-state index in [-0.39, 0.29) is 11.2 Å². The summed E-state index contributed by atoms with van der Waals surface area (Å²) in [6.07, 6.45) is 0. The molecule has 0 saturated heterocycles. The van der Waals surface area contributed by atoms with Crippen molar-refractivity contribution in [1.82, 2.24) is 0 Å². The van der Waals surface area contributed by atoms with E-state index in [2.05, 4.69) is 26.1 Å². The molecule has 0 radical (unpaired) electrons. The molecule has 0 heterocycles. The van der Waals surface area contributed by atoms with Crippen molar-refractivity contribution in [1.29, 1.82) is 0 Å². The lowest BCUT2D eigenvalue weighted by molar-refractivity contribution is 0.476. The maximum absolute atomic E-state index is 9.94. The van der Waals surface area contributed by atoms with E-state index in [1.807, 2.05) is 36.4 Å². The number of aromatic hydroxyl groups is 1. The summed E-state index contributed by atoms with van der Waals surface area (Å²) in [7, 11) is 0. The van der Waals surface area contributed by atoms with E-state index in [0.717, 1.165) is 16.3 Å². The van der Waals surface area contributed by atoms with Crippen LogP contribution in [-0.4, -0.2) is 5.11 Å². The fourth-order valence-corrected chi connectivity index (χ4v) is 2.07. The van der Waals surface area contributed by atoms with E-state index in [0.29, 0.717) is 6.54 Å². The minimum atomic E-state index is 0.0599. The molecule has 2 rings (SSSR count). The average molecular weight is 290 g/mol. The number of halogens is 1. The zero-order valence-electron chi connectivity index (χ0n) is 12.1. The molecular weight excluding hydrogens is 270 g/mol. The highest BCUT2D eigenvalue weighted by atomic mass is 35.5. The van der Waals surface area contributed by atoms with Gasteiger partial charge in [0, 0.05) is 11.6 Å². The van der Waals surface area contributed by atoms with Crippen molar-refractivity contribution >= 4 is 17.3 Å². The molecule has 0 aliphatic carbocycles. The van der Waals surface area contributed by atoms with E-state index >= 15 is 0 Å². The van der Waals surface area contributed by atoms with Crippen molar-refractivity contribution < 1.29 is 5.11 Å². The lowest BCUT2D eigenvalue weighted by Crippen LogP contribution is -2.11. The highest BCUT2D eigenvalue weighted by Gasteiger charge is 2.15. The SMILES string of the molecule is CC(C)(C)c1ccc(O)c(NCc2ccc(Cl)cc2)c1. The van der Waals surface area contributed by atoms with Gasteiger partial charge in [0.2, 0.25) is 0 Å². The Hall–Kier alpha value is -1.67. The average Bonchev–Trinajstić information content (AvgIpc) is 2.38. The van der Waals surface area contributed by atoms with Crippen molar-refractivity contribution in [2.75, 3.05) is 5.32 Å². The molecule has 2 nitrogen and oxygen atoms in total. The van der Waals surface area contributed by atoms with E-state index in [9.17, 15) is 5.11 Å². The Bertz CT molecular complexity index is 585. The molecule has 2 N–H and O–H groups in total. The molecule has 0 fully saturated rings. The van der Waals surface area contributed by atoms with Crippen LogP contribution in [-0.2, 0) is 12.0 Å². The molecule has 2 aromatic carbocycles. The monoisotopic (exact) mass is 289 g/mol. The summed E-state index contributed by atoms with van der Waals surface area (Å²) in [4.78, 5) is 0. The number of phenols is 1. The largest absolute Gasteiger partial charge is 0.506 e. The Morgan fingerprint density at radius 2 is 1.70 bits per heavy atom. The van der Waals surface area contributed by atoms with Crippen LogP contribution in [0.25, 0.3) is 0 Å². The van der Waals surface area contributed by atoms with Gasteiger partial charge in [-0.3, -0.25) is 0 Å². The highest BCUT2D eigenvalue weighted by molar-refractivity contribution is 6.30. The third-order valence-corrected chi connectivity index (χ3v) is 3.51. The Balaban J connectivity index is 2.14. The van der Waals surface area contributed by atoms with Gasteiger partial charge in [-0.05, 0) is 40.8 Å². The molecule has 0 unspecified atom stereocenters. The van der Waals surface area contributed by atoms with Gasteiger partial charge in [-0.2, -0.15) is 0 Å². The third-order valence-electron chi connectivity index (χ3n) is 3.26. The second-order valence-electron chi connectivity index (χ2n) is 5.96. The maximum Gasteiger partial charge on any atom is 0.138 e. The van der Waals surface area contributed by atoms with Crippen LogP contribution in [0.15, 0.2) is 42.5 Å². The van der Waals surface area contributed by atoms with Crippen LogP contribution in [0.2, 0.25) is 5.02 Å². The predicted molar refractivity (Wildman–Crippen MR) is 85.6 cm³/mol. The number of hydrogen-bond acceptors (Lipinski definition) is 2. The lowest BCUT2D eigenvalue weighted by Gasteiger charge is -2.20. The quantitative estimate of drug-likeness (QED) is 0.783. The highest BCUT2D eigenvalue weighted by Crippen LogP contribution is 2.31. The zero-order chi connectivity index (χ0) is 14.8. The molecule has 0 amide bonds. The van der Waals surface area contributed by atoms with E-state index in [1.54, 1.807) is 6.07 Å². The third kappa shape index (κ3) is 3.67. The normalized spacial score (nSPS) is 11.4. The molecule has 2 aromatic rings. The molecule has 20 heavy (non-hydrogen) atoms. The molecule has 0 atom stereocenters. The first-order valence-electron chi connectivity index (χ1n) is 6.68. The number of rotatable bonds is 3. The number of phenolic OH excluding ortho intramolecular Hbond substituents is 1. The Morgan fingerprint density at radius 3 is 2.30 bits per heavy atom. The summed E-state index contributed by atoms with van der Waals surface area (Å²) < 4.78 is 0. The van der Waals surface area contributed by atoms with Gasteiger partial charge in [-0.15, -0.1) is 0 Å². The summed E-state index contributed by atoms with van der Waals surface area (Å²) in [5, 5.41) is 13.9.